The third-order valence-corrected chi connectivity index (χ3v) is 5.78. The van der Waals surface area contributed by atoms with Crippen LogP contribution in [0.25, 0.3) is 0 Å². The van der Waals surface area contributed by atoms with Crippen molar-refractivity contribution in [3.63, 3.8) is 0 Å². The molecule has 0 unspecified atom stereocenters. The first kappa shape index (κ1) is 17.9. The van der Waals surface area contributed by atoms with Crippen molar-refractivity contribution in [3.8, 4) is 0 Å². The van der Waals surface area contributed by atoms with Crippen LogP contribution in [0, 0.1) is 0 Å². The number of rotatable bonds is 5. The summed E-state index contributed by atoms with van der Waals surface area (Å²) in [4.78, 5) is 25.5. The zero-order valence-corrected chi connectivity index (χ0v) is 15.9. The van der Waals surface area contributed by atoms with E-state index in [1.165, 1.54) is 24.0 Å². The Labute approximate surface area is 160 Å². The minimum absolute atomic E-state index is 0.226. The van der Waals surface area contributed by atoms with Crippen LogP contribution < -0.4 is 5.73 Å². The molecule has 0 spiro atoms. The standard InChI is InChI=1S/C21H27N5O/c1-25(14-20-23-9-7-19(22)24-20)18-8-10-26(13-18)21(27)12-15-5-6-16-3-2-4-17(16)11-15/h5-7,9,11,18H,2-4,8,10,12-14H2,1H3,(H2,22,23,24)/t18-/m1/s1. The monoisotopic (exact) mass is 365 g/mol. The van der Waals surface area contributed by atoms with Gasteiger partial charge in [0.1, 0.15) is 11.6 Å². The molecule has 0 bridgehead atoms. The topological polar surface area (TPSA) is 75.4 Å². The second-order valence-electron chi connectivity index (χ2n) is 7.73. The Kier molecular flexibility index (Phi) is 5.07. The number of aryl methyl sites for hydroxylation is 2. The molecule has 6 heteroatoms. The molecular formula is C21H27N5O. The first-order valence-corrected chi connectivity index (χ1v) is 9.74. The van der Waals surface area contributed by atoms with Crippen molar-refractivity contribution in [3.05, 3.63) is 53.0 Å². The van der Waals surface area contributed by atoms with Crippen LogP contribution in [-0.2, 0) is 30.6 Å². The lowest BCUT2D eigenvalue weighted by atomic mass is 10.0. The van der Waals surface area contributed by atoms with Gasteiger partial charge >= 0.3 is 0 Å². The zero-order valence-electron chi connectivity index (χ0n) is 15.9. The van der Waals surface area contributed by atoms with E-state index in [1.807, 2.05) is 4.90 Å². The molecule has 1 aromatic carbocycles. The van der Waals surface area contributed by atoms with Gasteiger partial charge in [-0.05, 0) is 55.5 Å². The molecule has 1 aliphatic carbocycles. The first-order chi connectivity index (χ1) is 13.1. The number of likely N-dealkylation sites (tertiary alicyclic amines) is 1. The Bertz CT molecular complexity index is 837. The second kappa shape index (κ2) is 7.64. The predicted molar refractivity (Wildman–Crippen MR) is 105 cm³/mol. The van der Waals surface area contributed by atoms with Gasteiger partial charge in [-0.1, -0.05) is 18.2 Å². The van der Waals surface area contributed by atoms with Gasteiger partial charge in [0, 0.05) is 25.3 Å². The molecule has 1 aliphatic heterocycles. The molecule has 2 N–H and O–H groups in total. The number of carbonyl (C=O) groups is 1. The highest BCUT2D eigenvalue weighted by Gasteiger charge is 2.29. The van der Waals surface area contributed by atoms with Gasteiger partial charge in [0.25, 0.3) is 0 Å². The molecule has 4 rings (SSSR count). The van der Waals surface area contributed by atoms with Gasteiger partial charge in [-0.25, -0.2) is 9.97 Å². The molecule has 0 saturated carbocycles. The van der Waals surface area contributed by atoms with E-state index >= 15 is 0 Å². The van der Waals surface area contributed by atoms with Crippen LogP contribution in [0.4, 0.5) is 5.82 Å². The van der Waals surface area contributed by atoms with Crippen molar-refractivity contribution in [2.45, 2.75) is 44.7 Å². The number of benzene rings is 1. The second-order valence-corrected chi connectivity index (χ2v) is 7.73. The van der Waals surface area contributed by atoms with Crippen LogP contribution >= 0.6 is 0 Å². The number of hydrogen-bond donors (Lipinski definition) is 1. The Balaban J connectivity index is 1.32. The molecule has 2 aliphatic rings. The SMILES string of the molecule is CN(Cc1nccc(N)n1)[C@@H]1CCN(C(=O)Cc2ccc3c(c2)CCC3)C1. The summed E-state index contributed by atoms with van der Waals surface area (Å²) >= 11 is 0. The predicted octanol–water partition coefficient (Wildman–Crippen LogP) is 1.82. The molecular weight excluding hydrogens is 338 g/mol. The number of aromatic nitrogens is 2. The van der Waals surface area contributed by atoms with E-state index in [2.05, 4.69) is 40.1 Å². The van der Waals surface area contributed by atoms with Gasteiger partial charge in [0.2, 0.25) is 5.91 Å². The smallest absolute Gasteiger partial charge is 0.227 e. The maximum absolute atomic E-state index is 12.8. The van der Waals surface area contributed by atoms with Crippen molar-refractivity contribution in [2.24, 2.45) is 0 Å². The summed E-state index contributed by atoms with van der Waals surface area (Å²) in [6.07, 6.45) is 6.74. The number of nitrogen functional groups attached to an aromatic ring is 1. The van der Waals surface area contributed by atoms with Crippen molar-refractivity contribution >= 4 is 11.7 Å². The average Bonchev–Trinajstić information content (AvgIpc) is 3.31. The molecule has 1 atom stereocenters. The van der Waals surface area contributed by atoms with Crippen molar-refractivity contribution < 1.29 is 4.79 Å². The molecule has 2 aromatic rings. The van der Waals surface area contributed by atoms with Gasteiger partial charge in [-0.2, -0.15) is 0 Å². The van der Waals surface area contributed by atoms with Crippen LogP contribution in [0.1, 0.15) is 35.4 Å². The molecule has 1 amide bonds. The lowest BCUT2D eigenvalue weighted by Gasteiger charge is -2.24. The van der Waals surface area contributed by atoms with Crippen molar-refractivity contribution in [1.82, 2.24) is 19.8 Å². The zero-order chi connectivity index (χ0) is 18.8. The summed E-state index contributed by atoms with van der Waals surface area (Å²) in [5, 5.41) is 0. The highest BCUT2D eigenvalue weighted by Crippen LogP contribution is 2.24. The third-order valence-electron chi connectivity index (χ3n) is 5.78. The minimum atomic E-state index is 0.226. The van der Waals surface area contributed by atoms with Gasteiger partial charge in [0.05, 0.1) is 13.0 Å². The Morgan fingerprint density at radius 2 is 2.15 bits per heavy atom. The normalized spacial score (nSPS) is 18.9. The van der Waals surface area contributed by atoms with Crippen LogP contribution in [0.15, 0.2) is 30.5 Å². The molecule has 1 saturated heterocycles. The van der Waals surface area contributed by atoms with Gasteiger partial charge in [0.15, 0.2) is 0 Å². The van der Waals surface area contributed by atoms with Crippen molar-refractivity contribution in [1.29, 1.82) is 0 Å². The number of carbonyl (C=O) groups excluding carboxylic acids is 1. The minimum Gasteiger partial charge on any atom is -0.384 e. The van der Waals surface area contributed by atoms with Gasteiger partial charge < -0.3 is 10.6 Å². The van der Waals surface area contributed by atoms with E-state index in [-0.39, 0.29) is 5.91 Å². The summed E-state index contributed by atoms with van der Waals surface area (Å²) in [5.41, 5.74) is 9.77. The molecule has 0 radical (unpaired) electrons. The highest BCUT2D eigenvalue weighted by atomic mass is 16.2. The lowest BCUT2D eigenvalue weighted by Crippen LogP contribution is -2.37. The maximum atomic E-state index is 12.8. The first-order valence-electron chi connectivity index (χ1n) is 9.74. The fourth-order valence-corrected chi connectivity index (χ4v) is 4.19. The van der Waals surface area contributed by atoms with Gasteiger partial charge in [-0.3, -0.25) is 9.69 Å². The largest absolute Gasteiger partial charge is 0.384 e. The Morgan fingerprint density at radius 3 is 3.00 bits per heavy atom. The molecule has 6 nitrogen and oxygen atoms in total. The molecule has 2 heterocycles. The van der Waals surface area contributed by atoms with E-state index in [9.17, 15) is 4.79 Å². The average molecular weight is 365 g/mol. The summed E-state index contributed by atoms with van der Waals surface area (Å²) in [7, 11) is 2.06. The molecule has 27 heavy (non-hydrogen) atoms. The number of likely N-dealkylation sites (N-methyl/N-ethyl adjacent to an activating group) is 1. The third kappa shape index (κ3) is 4.11. The summed E-state index contributed by atoms with van der Waals surface area (Å²) in [5.74, 6) is 1.44. The quantitative estimate of drug-likeness (QED) is 0.875. The molecule has 1 fully saturated rings. The molecule has 1 aromatic heterocycles. The fraction of sp³-hybridized carbons (Fsp3) is 0.476. The van der Waals surface area contributed by atoms with Crippen LogP contribution in [0.5, 0.6) is 0 Å². The van der Waals surface area contributed by atoms with E-state index in [0.29, 0.717) is 24.8 Å². The van der Waals surface area contributed by atoms with E-state index in [1.54, 1.807) is 12.3 Å². The lowest BCUT2D eigenvalue weighted by molar-refractivity contribution is -0.129. The van der Waals surface area contributed by atoms with E-state index < -0.39 is 0 Å². The summed E-state index contributed by atoms with van der Waals surface area (Å²) in [6, 6.07) is 8.59. The Morgan fingerprint density at radius 1 is 1.30 bits per heavy atom. The van der Waals surface area contributed by atoms with Crippen LogP contribution in [-0.4, -0.2) is 51.9 Å². The number of anilines is 1. The number of nitrogens with two attached hydrogens (primary N) is 1. The van der Waals surface area contributed by atoms with E-state index in [4.69, 9.17) is 5.73 Å². The van der Waals surface area contributed by atoms with Crippen LogP contribution in [0.2, 0.25) is 0 Å². The molecule has 142 valence electrons. The maximum Gasteiger partial charge on any atom is 0.227 e. The highest BCUT2D eigenvalue weighted by molar-refractivity contribution is 5.79. The fourth-order valence-electron chi connectivity index (χ4n) is 4.19. The van der Waals surface area contributed by atoms with Crippen LogP contribution in [0.3, 0.4) is 0 Å². The number of amides is 1. The van der Waals surface area contributed by atoms with Gasteiger partial charge in [-0.15, -0.1) is 0 Å². The number of fused-ring (bicyclic) bond motifs is 1. The number of hydrogen-bond acceptors (Lipinski definition) is 5. The van der Waals surface area contributed by atoms with Crippen molar-refractivity contribution in [2.75, 3.05) is 25.9 Å². The number of nitrogens with zero attached hydrogens (tertiary/aromatic N) is 4. The Hall–Kier alpha value is -2.47. The summed E-state index contributed by atoms with van der Waals surface area (Å²) < 4.78 is 0. The summed E-state index contributed by atoms with van der Waals surface area (Å²) in [6.45, 7) is 2.22. The van der Waals surface area contributed by atoms with E-state index in [0.717, 1.165) is 37.3 Å².